The zero-order valence-corrected chi connectivity index (χ0v) is 15.1. The molecule has 1 amide bonds. The summed E-state index contributed by atoms with van der Waals surface area (Å²) < 4.78 is 5.08. The predicted octanol–water partition coefficient (Wildman–Crippen LogP) is 4.75. The third-order valence-electron chi connectivity index (χ3n) is 4.05. The van der Waals surface area contributed by atoms with Crippen LogP contribution < -0.4 is 10.1 Å². The van der Waals surface area contributed by atoms with Crippen LogP contribution in [-0.2, 0) is 11.2 Å². The number of methoxy groups -OCH3 is 1. The molecule has 0 bridgehead atoms. The Morgan fingerprint density at radius 1 is 0.963 bits per heavy atom. The van der Waals surface area contributed by atoms with Crippen molar-refractivity contribution in [3.63, 3.8) is 0 Å². The first-order chi connectivity index (χ1) is 13.1. The lowest BCUT2D eigenvalue weighted by Gasteiger charge is -2.08. The molecule has 2 N–H and O–H groups in total. The minimum Gasteiger partial charge on any atom is -0.504 e. The van der Waals surface area contributed by atoms with Crippen molar-refractivity contribution in [2.24, 2.45) is 0 Å². The summed E-state index contributed by atoms with van der Waals surface area (Å²) in [6.45, 7) is 0. The Bertz CT molecular complexity index is 949. The molecule has 0 fully saturated rings. The normalized spacial score (nSPS) is 10.7. The molecular formula is C23H21NO3. The average Bonchev–Trinajstić information content (AvgIpc) is 2.69. The van der Waals surface area contributed by atoms with Crippen molar-refractivity contribution < 1.29 is 14.6 Å². The fourth-order valence-electron chi connectivity index (χ4n) is 2.70. The summed E-state index contributed by atoms with van der Waals surface area (Å²) in [6, 6.07) is 22.6. The van der Waals surface area contributed by atoms with Crippen molar-refractivity contribution >= 4 is 23.7 Å². The molecular weight excluding hydrogens is 338 g/mol. The van der Waals surface area contributed by atoms with E-state index in [-0.39, 0.29) is 18.1 Å². The fraction of sp³-hybridized carbons (Fsp3) is 0.0870. The van der Waals surface area contributed by atoms with Crippen LogP contribution in [0.1, 0.15) is 16.7 Å². The standard InChI is InChI=1S/C23H21NO3/c1-27-22-15-19(12-13-21(22)25)16-23(26)24-20-9-5-8-18(14-20)11-10-17-6-3-2-4-7-17/h2-15,25H,16H2,1H3,(H,24,26)/b11-10-. The smallest absolute Gasteiger partial charge is 0.228 e. The molecule has 0 saturated heterocycles. The highest BCUT2D eigenvalue weighted by Gasteiger charge is 2.08. The number of ether oxygens (including phenoxy) is 1. The van der Waals surface area contributed by atoms with E-state index >= 15 is 0 Å². The number of hydrogen-bond donors (Lipinski definition) is 2. The number of carbonyl (C=O) groups is 1. The number of aromatic hydroxyl groups is 1. The summed E-state index contributed by atoms with van der Waals surface area (Å²) in [5.41, 5.74) is 3.62. The molecule has 0 aliphatic carbocycles. The van der Waals surface area contributed by atoms with Gasteiger partial charge in [0.15, 0.2) is 11.5 Å². The summed E-state index contributed by atoms with van der Waals surface area (Å²) in [5, 5.41) is 12.5. The number of nitrogens with one attached hydrogen (secondary N) is 1. The lowest BCUT2D eigenvalue weighted by Crippen LogP contribution is -2.14. The lowest BCUT2D eigenvalue weighted by atomic mass is 10.1. The highest BCUT2D eigenvalue weighted by atomic mass is 16.5. The molecule has 0 aliphatic rings. The highest BCUT2D eigenvalue weighted by molar-refractivity contribution is 5.92. The Morgan fingerprint density at radius 3 is 2.48 bits per heavy atom. The van der Waals surface area contributed by atoms with E-state index in [0.717, 1.165) is 22.4 Å². The number of anilines is 1. The number of amides is 1. The van der Waals surface area contributed by atoms with Gasteiger partial charge >= 0.3 is 0 Å². The van der Waals surface area contributed by atoms with Crippen molar-refractivity contribution in [2.45, 2.75) is 6.42 Å². The molecule has 3 aromatic rings. The van der Waals surface area contributed by atoms with Gasteiger partial charge in [0.05, 0.1) is 13.5 Å². The monoisotopic (exact) mass is 359 g/mol. The van der Waals surface area contributed by atoms with Gasteiger partial charge in [-0.3, -0.25) is 4.79 Å². The molecule has 0 aliphatic heterocycles. The van der Waals surface area contributed by atoms with Gasteiger partial charge in [0.2, 0.25) is 5.91 Å². The molecule has 4 nitrogen and oxygen atoms in total. The molecule has 4 heteroatoms. The maximum atomic E-state index is 12.3. The van der Waals surface area contributed by atoms with E-state index in [1.165, 1.54) is 13.2 Å². The largest absolute Gasteiger partial charge is 0.504 e. The third-order valence-corrected chi connectivity index (χ3v) is 4.05. The van der Waals surface area contributed by atoms with Crippen LogP contribution in [0.5, 0.6) is 11.5 Å². The number of carbonyl (C=O) groups excluding carboxylic acids is 1. The average molecular weight is 359 g/mol. The van der Waals surface area contributed by atoms with E-state index in [0.29, 0.717) is 5.75 Å². The van der Waals surface area contributed by atoms with E-state index in [1.807, 2.05) is 66.7 Å². The second-order valence-electron chi connectivity index (χ2n) is 6.10. The Balaban J connectivity index is 1.65. The number of rotatable bonds is 6. The molecule has 0 saturated carbocycles. The minimum absolute atomic E-state index is 0.0552. The van der Waals surface area contributed by atoms with Crippen LogP contribution in [0.2, 0.25) is 0 Å². The summed E-state index contributed by atoms with van der Waals surface area (Å²) >= 11 is 0. The molecule has 3 rings (SSSR count). The summed E-state index contributed by atoms with van der Waals surface area (Å²) in [4.78, 5) is 12.3. The van der Waals surface area contributed by atoms with Crippen molar-refractivity contribution in [3.8, 4) is 11.5 Å². The van der Waals surface area contributed by atoms with Crippen LogP contribution in [0.25, 0.3) is 12.2 Å². The topological polar surface area (TPSA) is 58.6 Å². The van der Waals surface area contributed by atoms with Gasteiger partial charge in [-0.15, -0.1) is 0 Å². The van der Waals surface area contributed by atoms with E-state index in [4.69, 9.17) is 4.74 Å². The number of benzene rings is 3. The second-order valence-corrected chi connectivity index (χ2v) is 6.10. The first-order valence-electron chi connectivity index (χ1n) is 8.63. The molecule has 0 radical (unpaired) electrons. The van der Waals surface area contributed by atoms with E-state index < -0.39 is 0 Å². The van der Waals surface area contributed by atoms with E-state index in [2.05, 4.69) is 5.32 Å². The fourth-order valence-corrected chi connectivity index (χ4v) is 2.70. The van der Waals surface area contributed by atoms with Crippen molar-refractivity contribution in [1.82, 2.24) is 0 Å². The maximum Gasteiger partial charge on any atom is 0.228 e. The summed E-state index contributed by atoms with van der Waals surface area (Å²) in [7, 11) is 1.48. The van der Waals surface area contributed by atoms with Crippen molar-refractivity contribution in [1.29, 1.82) is 0 Å². The first kappa shape index (κ1) is 18.3. The van der Waals surface area contributed by atoms with Gasteiger partial charge in [0.1, 0.15) is 0 Å². The van der Waals surface area contributed by atoms with Gasteiger partial charge in [-0.25, -0.2) is 0 Å². The first-order valence-corrected chi connectivity index (χ1v) is 8.63. The Labute approximate surface area is 158 Å². The molecule has 0 unspecified atom stereocenters. The van der Waals surface area contributed by atoms with Crippen LogP contribution >= 0.6 is 0 Å². The highest BCUT2D eigenvalue weighted by Crippen LogP contribution is 2.26. The summed E-state index contributed by atoms with van der Waals surface area (Å²) in [5.74, 6) is 0.278. The quantitative estimate of drug-likeness (QED) is 0.624. The third kappa shape index (κ3) is 5.22. The Morgan fingerprint density at radius 2 is 1.70 bits per heavy atom. The SMILES string of the molecule is COc1cc(CC(=O)Nc2cccc(/C=C\c3ccccc3)c2)ccc1O. The number of phenols is 1. The molecule has 0 heterocycles. The molecule has 27 heavy (non-hydrogen) atoms. The van der Waals surface area contributed by atoms with Crippen LogP contribution in [-0.4, -0.2) is 18.1 Å². The van der Waals surface area contributed by atoms with Crippen molar-refractivity contribution in [3.05, 3.63) is 89.5 Å². The second kappa shape index (κ2) is 8.72. The van der Waals surface area contributed by atoms with Crippen LogP contribution in [0.4, 0.5) is 5.69 Å². The maximum absolute atomic E-state index is 12.3. The van der Waals surface area contributed by atoms with Crippen molar-refractivity contribution in [2.75, 3.05) is 12.4 Å². The van der Waals surface area contributed by atoms with Gasteiger partial charge < -0.3 is 15.2 Å². The van der Waals surface area contributed by atoms with Gasteiger partial charge in [-0.1, -0.05) is 60.7 Å². The Hall–Kier alpha value is -3.53. The minimum atomic E-state index is -0.132. The molecule has 0 atom stereocenters. The zero-order valence-electron chi connectivity index (χ0n) is 15.1. The van der Waals surface area contributed by atoms with Crippen LogP contribution in [0, 0.1) is 0 Å². The summed E-state index contributed by atoms with van der Waals surface area (Å²) in [6.07, 6.45) is 4.24. The van der Waals surface area contributed by atoms with Gasteiger partial charge in [-0.05, 0) is 41.0 Å². The van der Waals surface area contributed by atoms with Gasteiger partial charge in [0, 0.05) is 5.69 Å². The molecule has 136 valence electrons. The Kier molecular flexibility index (Phi) is 5.90. The van der Waals surface area contributed by atoms with Gasteiger partial charge in [0.25, 0.3) is 0 Å². The lowest BCUT2D eigenvalue weighted by molar-refractivity contribution is -0.115. The van der Waals surface area contributed by atoms with E-state index in [1.54, 1.807) is 12.1 Å². The van der Waals surface area contributed by atoms with Gasteiger partial charge in [-0.2, -0.15) is 0 Å². The van der Waals surface area contributed by atoms with E-state index in [9.17, 15) is 9.90 Å². The molecule has 0 aromatic heterocycles. The number of hydrogen-bond acceptors (Lipinski definition) is 3. The molecule has 3 aromatic carbocycles. The zero-order chi connectivity index (χ0) is 19.1. The van der Waals surface area contributed by atoms with Crippen LogP contribution in [0.15, 0.2) is 72.8 Å². The number of phenolic OH excluding ortho intramolecular Hbond substituents is 1. The van der Waals surface area contributed by atoms with Crippen LogP contribution in [0.3, 0.4) is 0 Å². The predicted molar refractivity (Wildman–Crippen MR) is 109 cm³/mol. The molecule has 0 spiro atoms.